The number of carbonyl (C=O) groups is 2. The Morgan fingerprint density at radius 1 is 0.964 bits per heavy atom. The van der Waals surface area contributed by atoms with E-state index in [0.29, 0.717) is 39.1 Å². The second-order valence-corrected chi connectivity index (χ2v) is 6.09. The maximum atomic E-state index is 13.1. The number of carbonyl (C=O) groups excluding carboxylic acids is 2. The molecule has 0 aliphatic carbocycles. The molecule has 3 aromatic rings. The van der Waals surface area contributed by atoms with E-state index in [-0.39, 0.29) is 17.9 Å². The van der Waals surface area contributed by atoms with Crippen molar-refractivity contribution in [1.82, 2.24) is 4.98 Å². The minimum absolute atomic E-state index is 0.00733. The van der Waals surface area contributed by atoms with Crippen molar-refractivity contribution < 1.29 is 23.8 Å². The van der Waals surface area contributed by atoms with Crippen LogP contribution >= 0.6 is 0 Å². The predicted molar refractivity (Wildman–Crippen MR) is 104 cm³/mol. The number of nitrogens with zero attached hydrogens (tertiary/aromatic N) is 1. The standard InChI is InChI=1S/C21H20N2O5/c1-26-14-6-4-5-12(7-14)21(25)20-16-10-18(28-3)17(27-2)9-15(16)13(11-23-20)8-19(22)24/h4-7,9-11H,8H2,1-3H3,(H2,22,24). The van der Waals surface area contributed by atoms with Crippen LogP contribution in [0.5, 0.6) is 17.2 Å². The van der Waals surface area contributed by atoms with Gasteiger partial charge >= 0.3 is 0 Å². The molecule has 7 nitrogen and oxygen atoms in total. The molecule has 0 unspecified atom stereocenters. The number of ether oxygens (including phenoxy) is 3. The molecule has 0 saturated heterocycles. The smallest absolute Gasteiger partial charge is 0.221 e. The molecule has 28 heavy (non-hydrogen) atoms. The van der Waals surface area contributed by atoms with Crippen LogP contribution in [0.15, 0.2) is 42.6 Å². The highest BCUT2D eigenvalue weighted by Crippen LogP contribution is 2.35. The fraction of sp³-hybridized carbons (Fsp3) is 0.190. The zero-order valence-corrected chi connectivity index (χ0v) is 15.8. The van der Waals surface area contributed by atoms with E-state index >= 15 is 0 Å². The summed E-state index contributed by atoms with van der Waals surface area (Å²) in [6, 6.07) is 10.2. The Morgan fingerprint density at radius 2 is 1.64 bits per heavy atom. The number of amides is 1. The van der Waals surface area contributed by atoms with Gasteiger partial charge in [-0.3, -0.25) is 14.6 Å². The van der Waals surface area contributed by atoms with Gasteiger partial charge in [0.05, 0.1) is 27.8 Å². The van der Waals surface area contributed by atoms with E-state index in [9.17, 15) is 9.59 Å². The summed E-state index contributed by atoms with van der Waals surface area (Å²) in [6.45, 7) is 0. The van der Waals surface area contributed by atoms with Crippen molar-refractivity contribution >= 4 is 22.5 Å². The lowest BCUT2D eigenvalue weighted by Crippen LogP contribution is -2.15. The van der Waals surface area contributed by atoms with Crippen molar-refractivity contribution in [3.05, 3.63) is 59.4 Å². The lowest BCUT2D eigenvalue weighted by atomic mass is 9.97. The molecule has 0 atom stereocenters. The van der Waals surface area contributed by atoms with E-state index in [0.717, 1.165) is 0 Å². The maximum absolute atomic E-state index is 13.1. The molecule has 3 rings (SSSR count). The van der Waals surface area contributed by atoms with Crippen LogP contribution < -0.4 is 19.9 Å². The lowest BCUT2D eigenvalue weighted by molar-refractivity contribution is -0.117. The summed E-state index contributed by atoms with van der Waals surface area (Å²) in [4.78, 5) is 28.9. The Kier molecular flexibility index (Phi) is 5.44. The molecule has 1 amide bonds. The summed E-state index contributed by atoms with van der Waals surface area (Å²) in [5, 5.41) is 1.20. The van der Waals surface area contributed by atoms with Gasteiger partial charge in [0.2, 0.25) is 11.7 Å². The van der Waals surface area contributed by atoms with Crippen molar-refractivity contribution in [2.45, 2.75) is 6.42 Å². The van der Waals surface area contributed by atoms with Crippen molar-refractivity contribution in [1.29, 1.82) is 0 Å². The number of hydrogen-bond acceptors (Lipinski definition) is 6. The molecule has 0 saturated carbocycles. The monoisotopic (exact) mass is 380 g/mol. The van der Waals surface area contributed by atoms with E-state index in [1.807, 2.05) is 0 Å². The van der Waals surface area contributed by atoms with Crippen LogP contribution in [0.25, 0.3) is 10.8 Å². The number of hydrogen-bond donors (Lipinski definition) is 1. The molecular weight excluding hydrogens is 360 g/mol. The van der Waals surface area contributed by atoms with Gasteiger partial charge in [-0.05, 0) is 35.2 Å². The molecule has 7 heteroatoms. The quantitative estimate of drug-likeness (QED) is 0.632. The number of aromatic nitrogens is 1. The Bertz CT molecular complexity index is 1060. The van der Waals surface area contributed by atoms with Crippen molar-refractivity contribution in [2.75, 3.05) is 21.3 Å². The van der Waals surface area contributed by atoms with Crippen molar-refractivity contribution in [2.24, 2.45) is 5.73 Å². The Hall–Kier alpha value is -3.61. The summed E-state index contributed by atoms with van der Waals surface area (Å²) < 4.78 is 15.9. The Labute approximate surface area is 162 Å². The SMILES string of the molecule is COc1cccc(C(=O)c2ncc(CC(N)=O)c3cc(OC)c(OC)cc23)c1. The van der Waals surface area contributed by atoms with Gasteiger partial charge in [-0.15, -0.1) is 0 Å². The second kappa shape index (κ2) is 7.96. The van der Waals surface area contributed by atoms with Crippen LogP contribution in [-0.4, -0.2) is 38.0 Å². The molecule has 2 N–H and O–H groups in total. The topological polar surface area (TPSA) is 101 Å². The first-order valence-corrected chi connectivity index (χ1v) is 8.49. The molecule has 1 aromatic heterocycles. The van der Waals surface area contributed by atoms with Gasteiger partial charge in [0.25, 0.3) is 0 Å². The van der Waals surface area contributed by atoms with E-state index in [1.54, 1.807) is 36.4 Å². The van der Waals surface area contributed by atoms with Crippen LogP contribution in [0, 0.1) is 0 Å². The number of ketones is 1. The van der Waals surface area contributed by atoms with E-state index in [2.05, 4.69) is 4.98 Å². The van der Waals surface area contributed by atoms with Crippen molar-refractivity contribution in [3.63, 3.8) is 0 Å². The number of benzene rings is 2. The van der Waals surface area contributed by atoms with Crippen LogP contribution in [0.3, 0.4) is 0 Å². The molecule has 0 radical (unpaired) electrons. The first kappa shape index (κ1) is 19.2. The van der Waals surface area contributed by atoms with Crippen LogP contribution in [0.1, 0.15) is 21.6 Å². The number of nitrogens with two attached hydrogens (primary N) is 1. The molecule has 0 aliphatic rings. The van der Waals surface area contributed by atoms with Gasteiger partial charge in [-0.2, -0.15) is 0 Å². The number of primary amides is 1. The highest BCUT2D eigenvalue weighted by Gasteiger charge is 2.20. The molecule has 0 aliphatic heterocycles. The van der Waals surface area contributed by atoms with E-state index in [4.69, 9.17) is 19.9 Å². The fourth-order valence-corrected chi connectivity index (χ4v) is 3.03. The third-order valence-electron chi connectivity index (χ3n) is 4.39. The fourth-order valence-electron chi connectivity index (χ4n) is 3.03. The molecule has 1 heterocycles. The van der Waals surface area contributed by atoms with Gasteiger partial charge in [-0.25, -0.2) is 0 Å². The second-order valence-electron chi connectivity index (χ2n) is 6.09. The number of fused-ring (bicyclic) bond motifs is 1. The van der Waals surface area contributed by atoms with Gasteiger partial charge in [0.1, 0.15) is 11.4 Å². The van der Waals surface area contributed by atoms with Gasteiger partial charge < -0.3 is 19.9 Å². The molecule has 0 bridgehead atoms. The molecule has 0 fully saturated rings. The van der Waals surface area contributed by atoms with Gasteiger partial charge in [-0.1, -0.05) is 12.1 Å². The summed E-state index contributed by atoms with van der Waals surface area (Å²) in [5.74, 6) is 0.727. The average Bonchev–Trinajstić information content (AvgIpc) is 2.72. The first-order chi connectivity index (χ1) is 13.5. The summed E-state index contributed by atoms with van der Waals surface area (Å²) in [7, 11) is 4.56. The van der Waals surface area contributed by atoms with Crippen molar-refractivity contribution in [3.8, 4) is 17.2 Å². The highest BCUT2D eigenvalue weighted by molar-refractivity contribution is 6.16. The third kappa shape index (κ3) is 3.59. The largest absolute Gasteiger partial charge is 0.497 e. The van der Waals surface area contributed by atoms with Gasteiger partial charge in [0.15, 0.2) is 11.5 Å². The Balaban J connectivity index is 2.24. The minimum Gasteiger partial charge on any atom is -0.497 e. The summed E-state index contributed by atoms with van der Waals surface area (Å²) in [5.41, 5.74) is 6.63. The predicted octanol–water partition coefficient (Wildman–Crippen LogP) is 2.52. The van der Waals surface area contributed by atoms with E-state index < -0.39 is 5.91 Å². The van der Waals surface area contributed by atoms with Crippen LogP contribution in [0.2, 0.25) is 0 Å². The highest BCUT2D eigenvalue weighted by atomic mass is 16.5. The van der Waals surface area contributed by atoms with Crippen LogP contribution in [0.4, 0.5) is 0 Å². The number of pyridine rings is 1. The first-order valence-electron chi connectivity index (χ1n) is 8.49. The average molecular weight is 380 g/mol. The lowest BCUT2D eigenvalue weighted by Gasteiger charge is -2.14. The van der Waals surface area contributed by atoms with E-state index in [1.165, 1.54) is 27.5 Å². The normalized spacial score (nSPS) is 10.5. The third-order valence-corrected chi connectivity index (χ3v) is 4.39. The molecule has 2 aromatic carbocycles. The van der Waals surface area contributed by atoms with Crippen LogP contribution in [-0.2, 0) is 11.2 Å². The summed E-state index contributed by atoms with van der Waals surface area (Å²) in [6.07, 6.45) is 1.49. The molecule has 144 valence electrons. The Morgan fingerprint density at radius 3 is 2.25 bits per heavy atom. The zero-order chi connectivity index (χ0) is 20.3. The number of rotatable bonds is 7. The zero-order valence-electron chi connectivity index (χ0n) is 15.8. The summed E-state index contributed by atoms with van der Waals surface area (Å²) >= 11 is 0. The molecule has 0 spiro atoms. The minimum atomic E-state index is -0.496. The maximum Gasteiger partial charge on any atom is 0.221 e. The number of methoxy groups -OCH3 is 3. The molecular formula is C21H20N2O5. The van der Waals surface area contributed by atoms with Gasteiger partial charge in [0, 0.05) is 17.1 Å².